The highest BCUT2D eigenvalue weighted by Crippen LogP contribution is 2.25. The highest BCUT2D eigenvalue weighted by atomic mass is 32.1. The van der Waals surface area contributed by atoms with E-state index in [2.05, 4.69) is 16.9 Å². The summed E-state index contributed by atoms with van der Waals surface area (Å²) in [5.41, 5.74) is 0.555. The van der Waals surface area contributed by atoms with E-state index < -0.39 is 0 Å². The second-order valence-corrected chi connectivity index (χ2v) is 7.07. The van der Waals surface area contributed by atoms with Crippen LogP contribution in [0.3, 0.4) is 0 Å². The molecule has 2 aromatic heterocycles. The molecule has 0 aromatic carbocycles. The van der Waals surface area contributed by atoms with Crippen LogP contribution in [0.5, 0.6) is 0 Å². The fourth-order valence-electron chi connectivity index (χ4n) is 2.92. The zero-order valence-corrected chi connectivity index (χ0v) is 13.4. The van der Waals surface area contributed by atoms with Gasteiger partial charge in [0.2, 0.25) is 5.91 Å². The van der Waals surface area contributed by atoms with E-state index in [0.717, 1.165) is 30.0 Å². The van der Waals surface area contributed by atoms with Crippen molar-refractivity contribution < 1.29 is 4.79 Å². The molecule has 0 aliphatic carbocycles. The Morgan fingerprint density at radius 1 is 1.45 bits per heavy atom. The summed E-state index contributed by atoms with van der Waals surface area (Å²) in [5.74, 6) is 0.362. The number of aromatic nitrogens is 2. The first-order chi connectivity index (χ1) is 10.6. The minimum Gasteiger partial charge on any atom is -0.342 e. The zero-order valence-electron chi connectivity index (χ0n) is 12.5. The lowest BCUT2D eigenvalue weighted by Crippen LogP contribution is -2.40. The number of aryl methyl sites for hydroxylation is 1. The lowest BCUT2D eigenvalue weighted by Gasteiger charge is -2.32. The van der Waals surface area contributed by atoms with Crippen molar-refractivity contribution >= 4 is 17.2 Å². The van der Waals surface area contributed by atoms with Gasteiger partial charge in [-0.2, -0.15) is 0 Å². The summed E-state index contributed by atoms with van der Waals surface area (Å²) in [6.07, 6.45) is 3.95. The molecule has 1 aliphatic rings. The smallest absolute Gasteiger partial charge is 0.342 e. The fraction of sp³-hybridized carbons (Fsp3) is 0.438. The van der Waals surface area contributed by atoms with E-state index in [-0.39, 0.29) is 17.5 Å². The lowest BCUT2D eigenvalue weighted by molar-refractivity contribution is -0.131. The Bertz CT molecular complexity index is 722. The number of carbonyl (C=O) groups excluding carboxylic acids is 1. The maximum atomic E-state index is 12.5. The number of thiophene rings is 1. The minimum atomic E-state index is -0.324. The van der Waals surface area contributed by atoms with Gasteiger partial charge >= 0.3 is 5.69 Å². The largest absolute Gasteiger partial charge is 0.345 e. The van der Waals surface area contributed by atoms with E-state index in [9.17, 15) is 9.59 Å². The van der Waals surface area contributed by atoms with Crippen LogP contribution in [0, 0.1) is 6.92 Å². The Labute approximate surface area is 133 Å². The van der Waals surface area contributed by atoms with Gasteiger partial charge in [0.1, 0.15) is 0 Å². The van der Waals surface area contributed by atoms with Gasteiger partial charge in [0.05, 0.1) is 6.42 Å². The van der Waals surface area contributed by atoms with E-state index in [4.69, 9.17) is 0 Å². The highest BCUT2D eigenvalue weighted by Gasteiger charge is 2.25. The van der Waals surface area contributed by atoms with E-state index in [1.54, 1.807) is 11.3 Å². The first kappa shape index (κ1) is 15.0. The number of hydrogen-bond acceptors (Lipinski definition) is 4. The van der Waals surface area contributed by atoms with Crippen molar-refractivity contribution in [1.29, 1.82) is 0 Å². The number of carbonyl (C=O) groups is 1. The third-order valence-corrected chi connectivity index (χ3v) is 5.03. The molecule has 116 valence electrons. The van der Waals surface area contributed by atoms with Crippen LogP contribution >= 0.6 is 11.3 Å². The molecule has 0 bridgehead atoms. The number of aromatic amines is 1. The summed E-state index contributed by atoms with van der Waals surface area (Å²) in [4.78, 5) is 34.5. The average molecular weight is 317 g/mol. The summed E-state index contributed by atoms with van der Waals surface area (Å²) in [7, 11) is 0. The predicted molar refractivity (Wildman–Crippen MR) is 86.2 cm³/mol. The second kappa shape index (κ2) is 6.44. The number of nitrogens with one attached hydrogen (secondary N) is 1. The Hall–Kier alpha value is -1.95. The normalized spacial score (nSPS) is 18.4. The van der Waals surface area contributed by atoms with E-state index in [0.29, 0.717) is 13.0 Å². The van der Waals surface area contributed by atoms with Gasteiger partial charge in [0.15, 0.2) is 0 Å². The van der Waals surface area contributed by atoms with Crippen LogP contribution in [0.2, 0.25) is 0 Å². The highest BCUT2D eigenvalue weighted by molar-refractivity contribution is 7.12. The molecule has 1 amide bonds. The maximum absolute atomic E-state index is 12.5. The number of likely N-dealkylation sites (tertiary alicyclic amines) is 1. The first-order valence-electron chi connectivity index (χ1n) is 7.50. The van der Waals surface area contributed by atoms with E-state index >= 15 is 0 Å². The summed E-state index contributed by atoms with van der Waals surface area (Å²) in [6.45, 7) is 3.52. The third kappa shape index (κ3) is 3.44. The molecule has 0 unspecified atom stereocenters. The van der Waals surface area contributed by atoms with Crippen LogP contribution in [-0.2, 0) is 11.2 Å². The molecule has 1 fully saturated rings. The van der Waals surface area contributed by atoms with Crippen molar-refractivity contribution in [1.82, 2.24) is 14.9 Å². The van der Waals surface area contributed by atoms with Gasteiger partial charge in [-0.1, -0.05) is 0 Å². The molecule has 0 saturated carbocycles. The molecular weight excluding hydrogens is 298 g/mol. The molecule has 22 heavy (non-hydrogen) atoms. The van der Waals surface area contributed by atoms with Gasteiger partial charge < -0.3 is 9.88 Å². The van der Waals surface area contributed by atoms with Crippen LogP contribution in [0.4, 0.5) is 0 Å². The number of amides is 1. The van der Waals surface area contributed by atoms with Crippen molar-refractivity contribution in [2.75, 3.05) is 13.1 Å². The summed E-state index contributed by atoms with van der Waals surface area (Å²) >= 11 is 1.68. The van der Waals surface area contributed by atoms with Crippen molar-refractivity contribution in [3.63, 3.8) is 0 Å². The molecule has 5 nitrogen and oxygen atoms in total. The van der Waals surface area contributed by atoms with Gasteiger partial charge in [0, 0.05) is 40.7 Å². The molecule has 1 atom stereocenters. The van der Waals surface area contributed by atoms with Gasteiger partial charge in [0.25, 0.3) is 0 Å². The first-order valence-corrected chi connectivity index (χ1v) is 8.32. The monoisotopic (exact) mass is 317 g/mol. The molecule has 0 spiro atoms. The quantitative estimate of drug-likeness (QED) is 0.942. The van der Waals surface area contributed by atoms with Crippen molar-refractivity contribution in [2.45, 2.75) is 32.1 Å². The number of rotatable bonds is 3. The SMILES string of the molecule is Cc1ccc(CC(=O)N2CCC[C@H](c3ccnc(=O)[nH]3)C2)s1. The van der Waals surface area contributed by atoms with E-state index in [1.807, 2.05) is 23.1 Å². The van der Waals surface area contributed by atoms with Gasteiger partial charge in [-0.25, -0.2) is 9.78 Å². The van der Waals surface area contributed by atoms with Crippen LogP contribution in [0.1, 0.15) is 34.2 Å². The third-order valence-electron chi connectivity index (χ3n) is 4.03. The Kier molecular flexibility index (Phi) is 4.38. The van der Waals surface area contributed by atoms with Gasteiger partial charge in [-0.3, -0.25) is 4.79 Å². The molecule has 3 rings (SSSR count). The Morgan fingerprint density at radius 2 is 2.32 bits per heavy atom. The Balaban J connectivity index is 1.67. The topological polar surface area (TPSA) is 66.1 Å². The van der Waals surface area contributed by atoms with Crippen molar-refractivity contribution in [2.24, 2.45) is 0 Å². The Morgan fingerprint density at radius 3 is 3.05 bits per heavy atom. The van der Waals surface area contributed by atoms with Crippen LogP contribution < -0.4 is 5.69 Å². The van der Waals surface area contributed by atoms with E-state index in [1.165, 1.54) is 11.1 Å². The number of piperidine rings is 1. The lowest BCUT2D eigenvalue weighted by atomic mass is 9.94. The van der Waals surface area contributed by atoms with Crippen molar-refractivity contribution in [3.8, 4) is 0 Å². The molecule has 1 N–H and O–H groups in total. The summed E-state index contributed by atoms with van der Waals surface area (Å²) < 4.78 is 0. The summed E-state index contributed by atoms with van der Waals surface area (Å²) in [6, 6.07) is 5.91. The number of nitrogens with zero attached hydrogens (tertiary/aromatic N) is 2. The number of hydrogen-bond donors (Lipinski definition) is 1. The minimum absolute atomic E-state index is 0.169. The van der Waals surface area contributed by atoms with Gasteiger partial charge in [-0.05, 0) is 38.0 Å². The average Bonchev–Trinajstić information content (AvgIpc) is 2.92. The fourth-order valence-corrected chi connectivity index (χ4v) is 3.80. The molecule has 3 heterocycles. The number of H-pyrrole nitrogens is 1. The maximum Gasteiger partial charge on any atom is 0.345 e. The van der Waals surface area contributed by atoms with Gasteiger partial charge in [-0.15, -0.1) is 11.3 Å². The predicted octanol–water partition coefficient (Wildman–Crippen LogP) is 2.09. The molecule has 6 heteroatoms. The van der Waals surface area contributed by atoms with Crippen LogP contribution in [0.25, 0.3) is 0 Å². The van der Waals surface area contributed by atoms with Crippen LogP contribution in [-0.4, -0.2) is 33.9 Å². The molecule has 2 aromatic rings. The molecule has 1 saturated heterocycles. The molecule has 0 radical (unpaired) electrons. The summed E-state index contributed by atoms with van der Waals surface area (Å²) in [5, 5.41) is 0. The van der Waals surface area contributed by atoms with Crippen molar-refractivity contribution in [3.05, 3.63) is 50.3 Å². The zero-order chi connectivity index (χ0) is 15.5. The molecular formula is C16H19N3O2S. The molecule has 1 aliphatic heterocycles. The second-order valence-electron chi connectivity index (χ2n) is 5.70. The standard InChI is InChI=1S/C16H19N3O2S/c1-11-4-5-13(22-11)9-15(20)19-8-2-3-12(10-19)14-6-7-17-16(21)18-14/h4-7,12H,2-3,8-10H2,1H3,(H,17,18,21)/t12-/m0/s1. The van der Waals surface area contributed by atoms with Crippen LogP contribution in [0.15, 0.2) is 29.2 Å².